The maximum atomic E-state index is 11.1. The fraction of sp³-hybridized carbons (Fsp3) is 0.273. The van der Waals surface area contributed by atoms with E-state index in [9.17, 15) is 14.7 Å². The summed E-state index contributed by atoms with van der Waals surface area (Å²) in [6.07, 6.45) is -3.13. The lowest BCUT2D eigenvalue weighted by atomic mass is 10.1. The molecule has 2 atom stereocenters. The highest BCUT2D eigenvalue weighted by Gasteiger charge is 2.26. The number of aliphatic carboxylic acids is 1. The molecule has 7 heteroatoms. The van der Waals surface area contributed by atoms with E-state index in [4.69, 9.17) is 15.3 Å². The summed E-state index contributed by atoms with van der Waals surface area (Å²) in [4.78, 5) is 22.1. The van der Waals surface area contributed by atoms with Gasteiger partial charge in [-0.2, -0.15) is 0 Å². The molecule has 18 heavy (non-hydrogen) atoms. The molecule has 0 bridgehead atoms. The molecule has 7 nitrogen and oxygen atoms in total. The van der Waals surface area contributed by atoms with Crippen molar-refractivity contribution < 1.29 is 34.8 Å². The van der Waals surface area contributed by atoms with Gasteiger partial charge >= 0.3 is 11.9 Å². The van der Waals surface area contributed by atoms with Crippen LogP contribution in [0.3, 0.4) is 0 Å². The predicted octanol–water partition coefficient (Wildman–Crippen LogP) is 0.147. The van der Waals surface area contributed by atoms with Gasteiger partial charge in [0.2, 0.25) is 6.10 Å². The largest absolute Gasteiger partial charge is 0.504 e. The van der Waals surface area contributed by atoms with E-state index in [1.165, 1.54) is 6.07 Å². The van der Waals surface area contributed by atoms with Crippen LogP contribution in [-0.4, -0.2) is 38.5 Å². The number of ether oxygens (including phenoxy) is 1. The molecule has 0 spiro atoms. The highest BCUT2D eigenvalue weighted by Crippen LogP contribution is 2.29. The number of aliphatic hydroxyl groups is 1. The molecule has 0 saturated carbocycles. The van der Waals surface area contributed by atoms with Crippen molar-refractivity contribution in [2.75, 3.05) is 0 Å². The summed E-state index contributed by atoms with van der Waals surface area (Å²) in [5, 5.41) is 36.2. The summed E-state index contributed by atoms with van der Waals surface area (Å²) in [7, 11) is 0. The molecule has 0 saturated heterocycles. The third-order valence-electron chi connectivity index (χ3n) is 2.10. The van der Waals surface area contributed by atoms with Crippen LogP contribution in [0.15, 0.2) is 18.2 Å². The number of benzene rings is 1. The van der Waals surface area contributed by atoms with E-state index in [0.717, 1.165) is 19.1 Å². The van der Waals surface area contributed by atoms with Gasteiger partial charge in [-0.05, 0) is 19.1 Å². The van der Waals surface area contributed by atoms with Crippen LogP contribution in [-0.2, 0) is 14.3 Å². The molecule has 0 aliphatic heterocycles. The molecule has 0 radical (unpaired) electrons. The van der Waals surface area contributed by atoms with E-state index in [1.807, 2.05) is 0 Å². The Balaban J connectivity index is 3.01. The zero-order valence-electron chi connectivity index (χ0n) is 9.40. The lowest BCUT2D eigenvalue weighted by Gasteiger charge is -2.15. The summed E-state index contributed by atoms with van der Waals surface area (Å²) in [5.41, 5.74) is -0.0354. The Bertz CT molecular complexity index is 466. The fourth-order valence-corrected chi connectivity index (χ4v) is 1.18. The van der Waals surface area contributed by atoms with E-state index in [2.05, 4.69) is 4.74 Å². The van der Waals surface area contributed by atoms with Crippen molar-refractivity contribution in [3.63, 3.8) is 0 Å². The Labute approximate surface area is 102 Å². The number of phenolic OH excluding ortho intramolecular Hbond substituents is 2. The molecular weight excluding hydrogens is 244 g/mol. The van der Waals surface area contributed by atoms with Crippen LogP contribution < -0.4 is 0 Å². The van der Waals surface area contributed by atoms with E-state index in [1.54, 1.807) is 0 Å². The first-order valence-electron chi connectivity index (χ1n) is 4.96. The third-order valence-corrected chi connectivity index (χ3v) is 2.10. The van der Waals surface area contributed by atoms with E-state index in [-0.39, 0.29) is 5.56 Å². The standard InChI is InChI=1S/C11H12O7/c1-5(12)11(17)18-9(10(15)16)6-2-3-7(13)8(14)4-6/h2-5,9,12-14H,1H3,(H,15,16). The van der Waals surface area contributed by atoms with Gasteiger partial charge in [0.1, 0.15) is 6.10 Å². The second kappa shape index (κ2) is 5.37. The minimum Gasteiger partial charge on any atom is -0.504 e. The summed E-state index contributed by atoms with van der Waals surface area (Å²) in [6.45, 7) is 1.13. The number of hydrogen-bond donors (Lipinski definition) is 4. The van der Waals surface area contributed by atoms with Gasteiger partial charge in [-0.15, -0.1) is 0 Å². The molecular formula is C11H12O7. The average molecular weight is 256 g/mol. The van der Waals surface area contributed by atoms with Gasteiger partial charge in [0.15, 0.2) is 11.5 Å². The fourth-order valence-electron chi connectivity index (χ4n) is 1.18. The third kappa shape index (κ3) is 3.11. The number of carbonyl (C=O) groups is 2. The summed E-state index contributed by atoms with van der Waals surface area (Å²) in [5.74, 6) is -3.53. The first-order chi connectivity index (χ1) is 8.32. The minimum absolute atomic E-state index is 0.0354. The van der Waals surface area contributed by atoms with E-state index in [0.29, 0.717) is 0 Å². The first-order valence-corrected chi connectivity index (χ1v) is 4.96. The van der Waals surface area contributed by atoms with Crippen LogP contribution >= 0.6 is 0 Å². The van der Waals surface area contributed by atoms with Crippen molar-refractivity contribution in [3.05, 3.63) is 23.8 Å². The number of esters is 1. The summed E-state index contributed by atoms with van der Waals surface area (Å²) >= 11 is 0. The van der Waals surface area contributed by atoms with Crippen LogP contribution in [0.2, 0.25) is 0 Å². The van der Waals surface area contributed by atoms with Crippen molar-refractivity contribution in [1.29, 1.82) is 0 Å². The van der Waals surface area contributed by atoms with Crippen molar-refractivity contribution >= 4 is 11.9 Å². The predicted molar refractivity (Wildman–Crippen MR) is 57.9 cm³/mol. The Morgan fingerprint density at radius 1 is 1.22 bits per heavy atom. The van der Waals surface area contributed by atoms with Gasteiger partial charge in [-0.25, -0.2) is 9.59 Å². The number of carbonyl (C=O) groups excluding carboxylic acids is 1. The molecule has 0 heterocycles. The highest BCUT2D eigenvalue weighted by molar-refractivity contribution is 5.81. The second-order valence-corrected chi connectivity index (χ2v) is 3.58. The van der Waals surface area contributed by atoms with Gasteiger partial charge in [0.25, 0.3) is 0 Å². The van der Waals surface area contributed by atoms with Crippen LogP contribution in [0.25, 0.3) is 0 Å². The minimum atomic E-state index is -1.67. The lowest BCUT2D eigenvalue weighted by Crippen LogP contribution is -2.25. The molecule has 1 aromatic rings. The number of aromatic hydroxyl groups is 2. The van der Waals surface area contributed by atoms with Crippen molar-refractivity contribution in [2.24, 2.45) is 0 Å². The Morgan fingerprint density at radius 3 is 2.28 bits per heavy atom. The highest BCUT2D eigenvalue weighted by atomic mass is 16.6. The van der Waals surface area contributed by atoms with Crippen molar-refractivity contribution in [2.45, 2.75) is 19.1 Å². The maximum Gasteiger partial charge on any atom is 0.349 e. The first kappa shape index (κ1) is 13.8. The normalized spacial score (nSPS) is 13.7. The zero-order chi connectivity index (χ0) is 13.9. The Kier molecular flexibility index (Phi) is 4.11. The molecule has 1 aromatic carbocycles. The maximum absolute atomic E-state index is 11.1. The van der Waals surface area contributed by atoms with E-state index < -0.39 is 35.6 Å². The van der Waals surface area contributed by atoms with E-state index >= 15 is 0 Å². The molecule has 1 rings (SSSR count). The number of carboxylic acids is 1. The summed E-state index contributed by atoms with van der Waals surface area (Å²) in [6, 6.07) is 3.21. The number of hydrogen-bond acceptors (Lipinski definition) is 6. The van der Waals surface area contributed by atoms with Gasteiger partial charge in [-0.3, -0.25) is 0 Å². The molecule has 0 amide bonds. The molecule has 0 aliphatic carbocycles. The Hall–Kier alpha value is -2.28. The topological polar surface area (TPSA) is 124 Å². The monoisotopic (exact) mass is 256 g/mol. The molecule has 0 aliphatic rings. The summed E-state index contributed by atoms with van der Waals surface area (Å²) < 4.78 is 4.57. The second-order valence-electron chi connectivity index (χ2n) is 3.58. The quantitative estimate of drug-likeness (QED) is 0.446. The SMILES string of the molecule is CC(O)C(=O)OC(C(=O)O)c1ccc(O)c(O)c1. The van der Waals surface area contributed by atoms with Crippen LogP contribution in [0.1, 0.15) is 18.6 Å². The van der Waals surface area contributed by atoms with Crippen molar-refractivity contribution in [3.8, 4) is 11.5 Å². The van der Waals surface area contributed by atoms with Crippen molar-refractivity contribution in [1.82, 2.24) is 0 Å². The average Bonchev–Trinajstić information content (AvgIpc) is 2.29. The van der Waals surface area contributed by atoms with Gasteiger partial charge in [-0.1, -0.05) is 6.07 Å². The van der Waals surface area contributed by atoms with Crippen LogP contribution in [0.5, 0.6) is 11.5 Å². The zero-order valence-corrected chi connectivity index (χ0v) is 9.40. The molecule has 0 fully saturated rings. The van der Waals surface area contributed by atoms with Crippen LogP contribution in [0.4, 0.5) is 0 Å². The lowest BCUT2D eigenvalue weighted by molar-refractivity contribution is -0.170. The number of carboxylic acid groups (broad SMARTS) is 1. The molecule has 4 N–H and O–H groups in total. The number of aliphatic hydroxyl groups excluding tert-OH is 1. The molecule has 0 aromatic heterocycles. The molecule has 98 valence electrons. The molecule has 2 unspecified atom stereocenters. The Morgan fingerprint density at radius 2 is 1.83 bits per heavy atom. The van der Waals surface area contributed by atoms with Gasteiger partial charge in [0, 0.05) is 5.56 Å². The van der Waals surface area contributed by atoms with Gasteiger partial charge in [0.05, 0.1) is 0 Å². The van der Waals surface area contributed by atoms with Crippen LogP contribution in [0, 0.1) is 0 Å². The van der Waals surface area contributed by atoms with Gasteiger partial charge < -0.3 is 25.2 Å². The number of phenols is 2. The number of rotatable bonds is 4. The smallest absolute Gasteiger partial charge is 0.349 e.